The molecule has 0 bridgehead atoms. The molecule has 0 aliphatic carbocycles. The summed E-state index contributed by atoms with van der Waals surface area (Å²) in [7, 11) is 0. The predicted molar refractivity (Wildman–Crippen MR) is 67.5 cm³/mol. The molecule has 3 nitrogen and oxygen atoms in total. The second-order valence-electron chi connectivity index (χ2n) is 2.65. The highest BCUT2D eigenvalue weighted by molar-refractivity contribution is 9.10. The average molecular weight is 284 g/mol. The number of rotatable bonds is 2. The van der Waals surface area contributed by atoms with Crippen molar-refractivity contribution in [3.8, 4) is 6.19 Å². The fourth-order valence-corrected chi connectivity index (χ4v) is 1.74. The summed E-state index contributed by atoms with van der Waals surface area (Å²) < 4.78 is 1.03. The van der Waals surface area contributed by atoms with Crippen LogP contribution < -0.4 is 5.32 Å². The number of halogens is 1. The van der Waals surface area contributed by atoms with Crippen LogP contribution in [0.1, 0.15) is 5.56 Å². The van der Waals surface area contributed by atoms with Gasteiger partial charge in [-0.2, -0.15) is 5.26 Å². The van der Waals surface area contributed by atoms with E-state index in [1.54, 1.807) is 0 Å². The summed E-state index contributed by atoms with van der Waals surface area (Å²) in [6, 6.07) is 7.89. The molecule has 1 aromatic rings. The number of hydrogen-bond acceptors (Lipinski definition) is 3. The first-order chi connectivity index (χ1) is 7.27. The molecule has 5 heteroatoms. The summed E-state index contributed by atoms with van der Waals surface area (Å²) >= 11 is 4.87. The Morgan fingerprint density at radius 1 is 1.60 bits per heavy atom. The van der Waals surface area contributed by atoms with E-state index in [0.717, 1.165) is 10.0 Å². The molecule has 0 aliphatic rings. The van der Waals surface area contributed by atoms with Crippen molar-refractivity contribution in [1.29, 1.82) is 5.26 Å². The second-order valence-corrected chi connectivity index (χ2v) is 4.30. The number of nitrogens with one attached hydrogen (secondary N) is 1. The lowest BCUT2D eigenvalue weighted by molar-refractivity contribution is 1.05. The number of amidine groups is 1. The Kier molecular flexibility index (Phi) is 5.22. The maximum absolute atomic E-state index is 8.46. The van der Waals surface area contributed by atoms with E-state index in [-0.39, 0.29) is 0 Å². The number of nitriles is 1. The Balaban J connectivity index is 2.71. The summed E-state index contributed by atoms with van der Waals surface area (Å²) in [6.07, 6.45) is 3.73. The molecule has 0 spiro atoms. The summed E-state index contributed by atoms with van der Waals surface area (Å²) in [5, 5.41) is 11.6. The van der Waals surface area contributed by atoms with Crippen molar-refractivity contribution in [2.24, 2.45) is 4.99 Å². The lowest BCUT2D eigenvalue weighted by Gasteiger charge is -2.02. The van der Waals surface area contributed by atoms with Crippen LogP contribution in [0.25, 0.3) is 0 Å². The number of nitrogens with zero attached hydrogens (tertiary/aromatic N) is 2. The highest BCUT2D eigenvalue weighted by atomic mass is 79.9. The van der Waals surface area contributed by atoms with E-state index < -0.39 is 0 Å². The molecule has 0 atom stereocenters. The molecule has 0 heterocycles. The highest BCUT2D eigenvalue weighted by Gasteiger charge is 1.98. The van der Waals surface area contributed by atoms with Crippen LogP contribution in [0, 0.1) is 11.5 Å². The molecular weight excluding hydrogens is 274 g/mol. The predicted octanol–water partition coefficient (Wildman–Crippen LogP) is 2.74. The molecule has 78 valence electrons. The fraction of sp³-hybridized carbons (Fsp3) is 0.200. The monoisotopic (exact) mass is 283 g/mol. The quantitative estimate of drug-likeness (QED) is 0.393. The van der Waals surface area contributed by atoms with Gasteiger partial charge in [0.2, 0.25) is 0 Å². The zero-order chi connectivity index (χ0) is 11.1. The van der Waals surface area contributed by atoms with Crippen molar-refractivity contribution in [1.82, 2.24) is 5.32 Å². The van der Waals surface area contributed by atoms with E-state index in [1.807, 2.05) is 36.7 Å². The molecule has 0 aromatic heterocycles. The van der Waals surface area contributed by atoms with Gasteiger partial charge in [0.25, 0.3) is 0 Å². The van der Waals surface area contributed by atoms with Crippen LogP contribution >= 0.6 is 27.7 Å². The highest BCUT2D eigenvalue weighted by Crippen LogP contribution is 2.16. The van der Waals surface area contributed by atoms with Crippen molar-refractivity contribution in [3.05, 3.63) is 34.3 Å². The van der Waals surface area contributed by atoms with Crippen molar-refractivity contribution >= 4 is 32.9 Å². The number of aliphatic imine (C=N–C) groups is 1. The minimum Gasteiger partial charge on any atom is -0.272 e. The second kappa shape index (κ2) is 6.49. The van der Waals surface area contributed by atoms with Gasteiger partial charge in [-0.05, 0) is 17.9 Å². The van der Waals surface area contributed by atoms with Gasteiger partial charge in [0.15, 0.2) is 11.4 Å². The third-order valence-electron chi connectivity index (χ3n) is 1.71. The maximum Gasteiger partial charge on any atom is 0.183 e. The Labute approximate surface area is 102 Å². The smallest absolute Gasteiger partial charge is 0.183 e. The summed E-state index contributed by atoms with van der Waals surface area (Å²) in [6.45, 7) is 0.562. The zero-order valence-corrected chi connectivity index (χ0v) is 10.6. The number of thioether (sulfide) groups is 1. The third kappa shape index (κ3) is 3.94. The first-order valence-electron chi connectivity index (χ1n) is 4.25. The van der Waals surface area contributed by atoms with E-state index in [2.05, 4.69) is 26.2 Å². The zero-order valence-electron chi connectivity index (χ0n) is 8.20. The lowest BCUT2D eigenvalue weighted by atomic mass is 10.2. The molecular formula is C10H10BrN3S. The molecule has 0 saturated carbocycles. The van der Waals surface area contributed by atoms with E-state index in [0.29, 0.717) is 11.7 Å². The maximum atomic E-state index is 8.46. The number of benzene rings is 1. The Morgan fingerprint density at radius 3 is 2.93 bits per heavy atom. The Bertz CT molecular complexity index is 398. The topological polar surface area (TPSA) is 48.2 Å². The van der Waals surface area contributed by atoms with Gasteiger partial charge in [-0.1, -0.05) is 45.9 Å². The van der Waals surface area contributed by atoms with Gasteiger partial charge in [-0.3, -0.25) is 10.3 Å². The van der Waals surface area contributed by atoms with Gasteiger partial charge in [-0.15, -0.1) is 0 Å². The summed E-state index contributed by atoms with van der Waals surface area (Å²) in [4.78, 5) is 4.28. The van der Waals surface area contributed by atoms with Crippen molar-refractivity contribution < 1.29 is 0 Å². The molecule has 0 radical (unpaired) electrons. The molecule has 0 fully saturated rings. The van der Waals surface area contributed by atoms with Gasteiger partial charge in [0.1, 0.15) is 0 Å². The SMILES string of the molecule is CSC(=NCc1ccccc1Br)NC#N. The average Bonchev–Trinajstić information content (AvgIpc) is 2.26. The molecule has 1 aromatic carbocycles. The van der Waals surface area contributed by atoms with Crippen LogP contribution in [0.5, 0.6) is 0 Å². The van der Waals surface area contributed by atoms with E-state index >= 15 is 0 Å². The lowest BCUT2D eigenvalue weighted by Crippen LogP contribution is -2.13. The molecule has 15 heavy (non-hydrogen) atoms. The van der Waals surface area contributed by atoms with Crippen LogP contribution in [0.4, 0.5) is 0 Å². The van der Waals surface area contributed by atoms with Crippen LogP contribution in [0.2, 0.25) is 0 Å². The van der Waals surface area contributed by atoms with E-state index in [1.165, 1.54) is 11.8 Å². The van der Waals surface area contributed by atoms with Gasteiger partial charge < -0.3 is 0 Å². The Morgan fingerprint density at radius 2 is 2.33 bits per heavy atom. The van der Waals surface area contributed by atoms with Gasteiger partial charge in [0.05, 0.1) is 6.54 Å². The molecule has 0 saturated heterocycles. The number of hydrogen-bond donors (Lipinski definition) is 1. The van der Waals surface area contributed by atoms with Crippen LogP contribution in [0.3, 0.4) is 0 Å². The normalized spacial score (nSPS) is 10.9. The summed E-state index contributed by atoms with van der Waals surface area (Å²) in [5.74, 6) is 0. The van der Waals surface area contributed by atoms with Crippen LogP contribution in [-0.4, -0.2) is 11.4 Å². The first kappa shape index (κ1) is 12.1. The first-order valence-corrected chi connectivity index (χ1v) is 6.26. The van der Waals surface area contributed by atoms with Crippen LogP contribution in [0.15, 0.2) is 33.7 Å². The van der Waals surface area contributed by atoms with Crippen molar-refractivity contribution in [2.45, 2.75) is 6.54 Å². The van der Waals surface area contributed by atoms with Crippen molar-refractivity contribution in [2.75, 3.05) is 6.26 Å². The van der Waals surface area contributed by atoms with Gasteiger partial charge in [0, 0.05) is 4.47 Å². The third-order valence-corrected chi connectivity index (χ3v) is 3.10. The molecule has 1 N–H and O–H groups in total. The van der Waals surface area contributed by atoms with Crippen LogP contribution in [-0.2, 0) is 6.54 Å². The fourth-order valence-electron chi connectivity index (χ4n) is 0.987. The Hall–Kier alpha value is -0.990. The molecule has 0 amide bonds. The minimum atomic E-state index is 0.562. The summed E-state index contributed by atoms with van der Waals surface area (Å²) in [5.41, 5.74) is 1.10. The molecule has 0 unspecified atom stereocenters. The minimum absolute atomic E-state index is 0.562. The van der Waals surface area contributed by atoms with Gasteiger partial charge in [-0.25, -0.2) is 0 Å². The molecule has 1 rings (SSSR count). The van der Waals surface area contributed by atoms with Gasteiger partial charge >= 0.3 is 0 Å². The van der Waals surface area contributed by atoms with Crippen molar-refractivity contribution in [3.63, 3.8) is 0 Å². The van der Waals surface area contributed by atoms with E-state index in [4.69, 9.17) is 5.26 Å². The van der Waals surface area contributed by atoms with E-state index in [9.17, 15) is 0 Å². The largest absolute Gasteiger partial charge is 0.272 e. The standard InChI is InChI=1S/C10H10BrN3S/c1-15-10(14-7-12)13-6-8-4-2-3-5-9(8)11/h2-5H,6H2,1H3,(H,13,14). The molecule has 0 aliphatic heterocycles.